The van der Waals surface area contributed by atoms with Crippen molar-refractivity contribution in [1.29, 1.82) is 0 Å². The molecule has 0 fully saturated rings. The third kappa shape index (κ3) is 13.2. The van der Waals surface area contributed by atoms with Gasteiger partial charge in [0.1, 0.15) is 0 Å². The van der Waals surface area contributed by atoms with Crippen molar-refractivity contribution < 1.29 is 19.1 Å². The minimum Gasteiger partial charge on any atom is -0.465 e. The third-order valence-electron chi connectivity index (χ3n) is 5.19. The van der Waals surface area contributed by atoms with Crippen LogP contribution in [0.4, 0.5) is 0 Å². The molecule has 0 N–H and O–H groups in total. The maximum absolute atomic E-state index is 12.9. The van der Waals surface area contributed by atoms with E-state index in [1.54, 1.807) is 0 Å². The Bertz CT molecular complexity index is 365. The lowest BCUT2D eigenvalue weighted by molar-refractivity contribution is -0.162. The lowest BCUT2D eigenvalue weighted by Gasteiger charge is -2.26. The van der Waals surface area contributed by atoms with Crippen LogP contribution >= 0.6 is 0 Å². The molecule has 4 nitrogen and oxygen atoms in total. The van der Waals surface area contributed by atoms with Crippen LogP contribution in [0, 0.1) is 23.7 Å². The summed E-state index contributed by atoms with van der Waals surface area (Å²) in [7, 11) is 0. The van der Waals surface area contributed by atoms with E-state index in [0.717, 1.165) is 51.4 Å². The van der Waals surface area contributed by atoms with E-state index in [2.05, 4.69) is 41.5 Å². The zero-order valence-corrected chi connectivity index (χ0v) is 19.4. The summed E-state index contributed by atoms with van der Waals surface area (Å²) in [5.41, 5.74) is 0. The topological polar surface area (TPSA) is 52.6 Å². The van der Waals surface area contributed by atoms with Gasteiger partial charge in [0.15, 0.2) is 0 Å². The molecule has 0 spiro atoms. The first kappa shape index (κ1) is 26.9. The average molecular weight is 399 g/mol. The monoisotopic (exact) mass is 398 g/mol. The van der Waals surface area contributed by atoms with E-state index in [1.807, 2.05) is 0 Å². The first-order valence-electron chi connectivity index (χ1n) is 11.7. The van der Waals surface area contributed by atoms with Gasteiger partial charge in [0.05, 0.1) is 25.0 Å². The second kappa shape index (κ2) is 16.9. The SMILES string of the molecule is CCCCCOC(=O)C(CCC(C)C)C(CCC(C)C)C(=O)OCCCCC. The molecule has 2 unspecified atom stereocenters. The lowest BCUT2D eigenvalue weighted by Crippen LogP contribution is -2.33. The molecule has 0 aliphatic rings. The Hall–Kier alpha value is -1.06. The van der Waals surface area contributed by atoms with E-state index in [1.165, 1.54) is 0 Å². The Morgan fingerprint density at radius 1 is 0.607 bits per heavy atom. The summed E-state index contributed by atoms with van der Waals surface area (Å²) in [5, 5.41) is 0. The number of ether oxygens (including phenoxy) is 2. The van der Waals surface area contributed by atoms with Gasteiger partial charge in [-0.1, -0.05) is 80.1 Å². The predicted octanol–water partition coefficient (Wildman–Crippen LogP) is 6.56. The predicted molar refractivity (Wildman–Crippen MR) is 116 cm³/mol. The van der Waals surface area contributed by atoms with Crippen molar-refractivity contribution in [1.82, 2.24) is 0 Å². The molecule has 0 aromatic heterocycles. The van der Waals surface area contributed by atoms with Crippen molar-refractivity contribution in [3.63, 3.8) is 0 Å². The summed E-state index contributed by atoms with van der Waals surface area (Å²) in [4.78, 5) is 25.7. The molecule has 0 saturated heterocycles. The molecule has 0 aliphatic carbocycles. The van der Waals surface area contributed by atoms with Gasteiger partial charge in [-0.25, -0.2) is 0 Å². The van der Waals surface area contributed by atoms with Gasteiger partial charge in [0.2, 0.25) is 0 Å². The van der Waals surface area contributed by atoms with E-state index in [0.29, 0.717) is 37.9 Å². The van der Waals surface area contributed by atoms with Crippen molar-refractivity contribution in [2.24, 2.45) is 23.7 Å². The molecule has 0 rings (SSSR count). The van der Waals surface area contributed by atoms with E-state index < -0.39 is 0 Å². The first-order valence-corrected chi connectivity index (χ1v) is 11.7. The van der Waals surface area contributed by atoms with E-state index >= 15 is 0 Å². The van der Waals surface area contributed by atoms with Gasteiger partial charge in [-0.15, -0.1) is 0 Å². The smallest absolute Gasteiger partial charge is 0.309 e. The molecule has 0 heterocycles. The molecule has 0 saturated carbocycles. The third-order valence-corrected chi connectivity index (χ3v) is 5.19. The van der Waals surface area contributed by atoms with Crippen LogP contribution in [-0.4, -0.2) is 25.2 Å². The van der Waals surface area contributed by atoms with Crippen LogP contribution < -0.4 is 0 Å². The number of hydrogen-bond acceptors (Lipinski definition) is 4. The number of carbonyl (C=O) groups is 2. The van der Waals surface area contributed by atoms with Gasteiger partial charge < -0.3 is 9.47 Å². The molecule has 0 aliphatic heterocycles. The van der Waals surface area contributed by atoms with Crippen molar-refractivity contribution >= 4 is 11.9 Å². The molecule has 0 bridgehead atoms. The molecule has 0 amide bonds. The highest BCUT2D eigenvalue weighted by molar-refractivity contribution is 5.82. The summed E-state index contributed by atoms with van der Waals surface area (Å²) in [6.07, 6.45) is 9.28. The van der Waals surface area contributed by atoms with Crippen LogP contribution in [0.3, 0.4) is 0 Å². The summed E-state index contributed by atoms with van der Waals surface area (Å²) in [6, 6.07) is 0. The highest BCUT2D eigenvalue weighted by Gasteiger charge is 2.35. The van der Waals surface area contributed by atoms with Crippen LogP contribution in [0.25, 0.3) is 0 Å². The molecule has 166 valence electrons. The summed E-state index contributed by atoms with van der Waals surface area (Å²) in [6.45, 7) is 13.8. The quantitative estimate of drug-likeness (QED) is 0.206. The van der Waals surface area contributed by atoms with Crippen molar-refractivity contribution in [3.8, 4) is 0 Å². The Balaban J connectivity index is 5.12. The number of rotatable bonds is 17. The Morgan fingerprint density at radius 2 is 0.964 bits per heavy atom. The largest absolute Gasteiger partial charge is 0.465 e. The Kier molecular flexibility index (Phi) is 16.2. The number of unbranched alkanes of at least 4 members (excludes halogenated alkanes) is 4. The standard InChI is InChI=1S/C24H46O4/c1-7-9-11-17-27-23(25)21(15-13-19(3)4)22(16-14-20(5)6)24(26)28-18-12-10-8-2/h19-22H,7-18H2,1-6H3. The summed E-state index contributed by atoms with van der Waals surface area (Å²) in [5.74, 6) is -0.224. The Labute approximate surface area is 174 Å². The Morgan fingerprint density at radius 3 is 1.25 bits per heavy atom. The number of esters is 2. The molecular weight excluding hydrogens is 352 g/mol. The first-order chi connectivity index (χ1) is 13.3. The summed E-state index contributed by atoms with van der Waals surface area (Å²) >= 11 is 0. The fourth-order valence-electron chi connectivity index (χ4n) is 3.26. The van der Waals surface area contributed by atoms with Crippen molar-refractivity contribution in [2.45, 2.75) is 106 Å². The molecule has 28 heavy (non-hydrogen) atoms. The average Bonchev–Trinajstić information content (AvgIpc) is 2.64. The van der Waals surface area contributed by atoms with Crippen LogP contribution in [-0.2, 0) is 19.1 Å². The minimum absolute atomic E-state index is 0.212. The van der Waals surface area contributed by atoms with Crippen LogP contribution in [0.1, 0.15) is 106 Å². The maximum atomic E-state index is 12.9. The fourth-order valence-corrected chi connectivity index (χ4v) is 3.26. The van der Waals surface area contributed by atoms with Gasteiger partial charge in [0, 0.05) is 0 Å². The second-order valence-electron chi connectivity index (χ2n) is 8.90. The van der Waals surface area contributed by atoms with Gasteiger partial charge in [-0.05, 0) is 37.5 Å². The van der Waals surface area contributed by atoms with E-state index in [-0.39, 0.29) is 23.8 Å². The molecule has 4 heteroatoms. The van der Waals surface area contributed by atoms with Crippen LogP contribution in [0.5, 0.6) is 0 Å². The molecule has 0 radical (unpaired) electrons. The zero-order chi connectivity index (χ0) is 21.4. The van der Waals surface area contributed by atoms with E-state index in [9.17, 15) is 9.59 Å². The van der Waals surface area contributed by atoms with Gasteiger partial charge in [0.25, 0.3) is 0 Å². The molecular formula is C24H46O4. The van der Waals surface area contributed by atoms with Crippen LogP contribution in [0.15, 0.2) is 0 Å². The van der Waals surface area contributed by atoms with Crippen molar-refractivity contribution in [2.75, 3.05) is 13.2 Å². The van der Waals surface area contributed by atoms with E-state index in [4.69, 9.17) is 9.47 Å². The normalized spacial score (nSPS) is 13.6. The van der Waals surface area contributed by atoms with Gasteiger partial charge in [-0.2, -0.15) is 0 Å². The second-order valence-corrected chi connectivity index (χ2v) is 8.90. The number of carbonyl (C=O) groups excluding carboxylic acids is 2. The highest BCUT2D eigenvalue weighted by atomic mass is 16.5. The highest BCUT2D eigenvalue weighted by Crippen LogP contribution is 2.29. The fraction of sp³-hybridized carbons (Fsp3) is 0.917. The maximum Gasteiger partial charge on any atom is 0.309 e. The minimum atomic E-state index is -0.388. The zero-order valence-electron chi connectivity index (χ0n) is 19.4. The molecule has 0 aromatic rings. The lowest BCUT2D eigenvalue weighted by atomic mass is 9.82. The molecule has 0 aromatic carbocycles. The van der Waals surface area contributed by atoms with Crippen LogP contribution in [0.2, 0.25) is 0 Å². The number of hydrogen-bond donors (Lipinski definition) is 0. The van der Waals surface area contributed by atoms with Gasteiger partial charge >= 0.3 is 11.9 Å². The van der Waals surface area contributed by atoms with Crippen molar-refractivity contribution in [3.05, 3.63) is 0 Å². The molecule has 2 atom stereocenters. The summed E-state index contributed by atoms with van der Waals surface area (Å²) < 4.78 is 11.1. The van der Waals surface area contributed by atoms with Gasteiger partial charge in [-0.3, -0.25) is 9.59 Å².